The molecule has 3 nitrogen and oxygen atoms in total. The van der Waals surface area contributed by atoms with E-state index in [1.807, 2.05) is 24.3 Å². The summed E-state index contributed by atoms with van der Waals surface area (Å²) in [6.07, 6.45) is 9.53. The Morgan fingerprint density at radius 1 is 1.39 bits per heavy atom. The zero-order valence-electron chi connectivity index (χ0n) is 13.1. The average molecular weight is 420 g/mol. The maximum Gasteiger partial charge on any atom is 0.231 e. The van der Waals surface area contributed by atoms with E-state index < -0.39 is 0 Å². The van der Waals surface area contributed by atoms with E-state index >= 15 is 0 Å². The number of hydrogen-bond donors (Lipinski definition) is 1. The lowest BCUT2D eigenvalue weighted by atomic mass is 9.92. The lowest BCUT2D eigenvalue weighted by Gasteiger charge is -2.17. The molecule has 2 aromatic rings. The van der Waals surface area contributed by atoms with Crippen LogP contribution in [-0.2, 0) is 4.79 Å². The number of hydrogen-bond acceptors (Lipinski definition) is 2. The monoisotopic (exact) mass is 420 g/mol. The number of carbonyl (C=O) groups is 1. The Labute approximate surface area is 150 Å². The number of nitrogens with one attached hydrogen (secondary N) is 1. The minimum Gasteiger partial charge on any atom is -0.324 e. The van der Waals surface area contributed by atoms with Crippen molar-refractivity contribution >= 4 is 45.1 Å². The smallest absolute Gasteiger partial charge is 0.231 e. The van der Waals surface area contributed by atoms with Crippen molar-refractivity contribution in [3.63, 3.8) is 0 Å². The topological polar surface area (TPSA) is 42.0 Å². The number of aromatic nitrogens is 1. The van der Waals surface area contributed by atoms with E-state index in [1.165, 1.54) is 25.7 Å². The Morgan fingerprint density at radius 3 is 2.91 bits per heavy atom. The molecule has 1 aliphatic rings. The predicted octanol–water partition coefficient (Wildman–Crippen LogP) is 5.16. The molecule has 1 N–H and O–H groups in total. The summed E-state index contributed by atoms with van der Waals surface area (Å²) in [5.74, 6) is 0.562. The number of rotatable bonds is 5. The number of benzene rings is 1. The van der Waals surface area contributed by atoms with E-state index in [9.17, 15) is 4.79 Å². The minimum absolute atomic E-state index is 0.0278. The molecule has 23 heavy (non-hydrogen) atoms. The third-order valence-electron chi connectivity index (χ3n) is 4.66. The standard InChI is InChI=1S/C19H21IN2O/c1-2-14(12-13-6-3-4-7-13)19(23)22-17-10-9-16(20)15-8-5-11-21-18(15)17/h2,5,8-11,13-14H,1,3-4,6-7,12H2,(H,22,23). The Kier molecular flexibility index (Phi) is 5.30. The number of fused-ring (bicyclic) bond motifs is 1. The number of halogens is 1. The summed E-state index contributed by atoms with van der Waals surface area (Å²) >= 11 is 2.29. The van der Waals surface area contributed by atoms with Crippen LogP contribution in [0.25, 0.3) is 10.9 Å². The van der Waals surface area contributed by atoms with Gasteiger partial charge in [0.05, 0.1) is 17.1 Å². The van der Waals surface area contributed by atoms with Gasteiger partial charge in [-0.3, -0.25) is 9.78 Å². The molecule has 3 rings (SSSR count). The fourth-order valence-electron chi connectivity index (χ4n) is 3.38. The number of carbonyl (C=O) groups excluding carboxylic acids is 1. The average Bonchev–Trinajstić information content (AvgIpc) is 3.08. The van der Waals surface area contributed by atoms with E-state index in [-0.39, 0.29) is 11.8 Å². The van der Waals surface area contributed by atoms with Gasteiger partial charge in [-0.15, -0.1) is 6.58 Å². The van der Waals surface area contributed by atoms with Crippen LogP contribution < -0.4 is 5.32 Å². The van der Waals surface area contributed by atoms with Crippen molar-refractivity contribution in [1.82, 2.24) is 4.98 Å². The fraction of sp³-hybridized carbons (Fsp3) is 0.368. The van der Waals surface area contributed by atoms with Gasteiger partial charge in [-0.05, 0) is 53.1 Å². The molecule has 1 aromatic carbocycles. The summed E-state index contributed by atoms with van der Waals surface area (Å²) < 4.78 is 1.13. The Balaban J connectivity index is 1.79. The molecule has 120 valence electrons. The lowest BCUT2D eigenvalue weighted by Crippen LogP contribution is -2.23. The van der Waals surface area contributed by atoms with Crippen molar-refractivity contribution in [3.8, 4) is 0 Å². The van der Waals surface area contributed by atoms with Crippen molar-refractivity contribution in [2.45, 2.75) is 32.1 Å². The molecule has 1 aliphatic carbocycles. The van der Waals surface area contributed by atoms with E-state index in [0.717, 1.165) is 26.6 Å². The van der Waals surface area contributed by atoms with Crippen molar-refractivity contribution < 1.29 is 4.79 Å². The van der Waals surface area contributed by atoms with Crippen LogP contribution in [0.3, 0.4) is 0 Å². The van der Waals surface area contributed by atoms with Crippen LogP contribution in [0.4, 0.5) is 5.69 Å². The normalized spacial score (nSPS) is 16.4. The second-order valence-electron chi connectivity index (χ2n) is 6.21. The molecule has 1 amide bonds. The summed E-state index contributed by atoms with van der Waals surface area (Å²) in [5.41, 5.74) is 1.63. The van der Waals surface area contributed by atoms with Gasteiger partial charge >= 0.3 is 0 Å². The first-order chi connectivity index (χ1) is 11.2. The molecule has 1 heterocycles. The molecular formula is C19H21IN2O. The summed E-state index contributed by atoms with van der Waals surface area (Å²) in [4.78, 5) is 17.1. The highest BCUT2D eigenvalue weighted by molar-refractivity contribution is 14.1. The van der Waals surface area contributed by atoms with Crippen molar-refractivity contribution in [2.75, 3.05) is 5.32 Å². The predicted molar refractivity (Wildman–Crippen MR) is 103 cm³/mol. The van der Waals surface area contributed by atoms with Crippen molar-refractivity contribution in [1.29, 1.82) is 0 Å². The maximum absolute atomic E-state index is 12.6. The Hall–Kier alpha value is -1.43. The van der Waals surface area contributed by atoms with Crippen LogP contribution in [0.1, 0.15) is 32.1 Å². The van der Waals surface area contributed by atoms with Crippen LogP contribution in [0.2, 0.25) is 0 Å². The Bertz CT molecular complexity index is 722. The number of amides is 1. The highest BCUT2D eigenvalue weighted by atomic mass is 127. The minimum atomic E-state index is -0.129. The first kappa shape index (κ1) is 16.4. The van der Waals surface area contributed by atoms with Crippen LogP contribution >= 0.6 is 22.6 Å². The molecular weight excluding hydrogens is 399 g/mol. The van der Waals surface area contributed by atoms with Gasteiger partial charge in [0.25, 0.3) is 0 Å². The molecule has 1 atom stereocenters. The molecule has 1 fully saturated rings. The van der Waals surface area contributed by atoms with Crippen LogP contribution in [0, 0.1) is 15.4 Å². The van der Waals surface area contributed by atoms with Crippen LogP contribution in [0.15, 0.2) is 43.1 Å². The molecule has 0 radical (unpaired) electrons. The molecule has 0 spiro atoms. The number of pyridine rings is 1. The summed E-state index contributed by atoms with van der Waals surface area (Å²) in [6.45, 7) is 3.86. The molecule has 1 saturated carbocycles. The molecule has 1 aromatic heterocycles. The van der Waals surface area contributed by atoms with E-state index in [1.54, 1.807) is 12.3 Å². The van der Waals surface area contributed by atoms with Crippen molar-refractivity contribution in [2.24, 2.45) is 11.8 Å². The van der Waals surface area contributed by atoms with Gasteiger partial charge in [0.1, 0.15) is 0 Å². The van der Waals surface area contributed by atoms with Gasteiger partial charge in [-0.2, -0.15) is 0 Å². The fourth-order valence-corrected chi connectivity index (χ4v) is 3.99. The summed E-state index contributed by atoms with van der Waals surface area (Å²) in [7, 11) is 0. The van der Waals surface area contributed by atoms with Gasteiger partial charge < -0.3 is 5.32 Å². The number of anilines is 1. The maximum atomic E-state index is 12.6. The zero-order chi connectivity index (χ0) is 16.2. The van der Waals surface area contributed by atoms with Gasteiger partial charge in [0.15, 0.2) is 0 Å². The van der Waals surface area contributed by atoms with Gasteiger partial charge in [-0.25, -0.2) is 0 Å². The third-order valence-corrected chi connectivity index (χ3v) is 5.60. The first-order valence-corrected chi connectivity index (χ1v) is 9.23. The second-order valence-corrected chi connectivity index (χ2v) is 7.37. The summed E-state index contributed by atoms with van der Waals surface area (Å²) in [5, 5.41) is 4.13. The van der Waals surface area contributed by atoms with Gasteiger partial charge in [0, 0.05) is 15.2 Å². The second kappa shape index (κ2) is 7.43. The highest BCUT2D eigenvalue weighted by Crippen LogP contribution is 2.32. The third kappa shape index (κ3) is 3.74. The largest absolute Gasteiger partial charge is 0.324 e. The molecule has 0 bridgehead atoms. The van der Waals surface area contributed by atoms with Crippen LogP contribution in [0.5, 0.6) is 0 Å². The van der Waals surface area contributed by atoms with E-state index in [2.05, 4.69) is 39.5 Å². The molecule has 4 heteroatoms. The first-order valence-electron chi connectivity index (χ1n) is 8.15. The zero-order valence-corrected chi connectivity index (χ0v) is 15.3. The van der Waals surface area contributed by atoms with E-state index in [4.69, 9.17) is 0 Å². The van der Waals surface area contributed by atoms with E-state index in [0.29, 0.717) is 5.92 Å². The molecule has 1 unspecified atom stereocenters. The quantitative estimate of drug-likeness (QED) is 0.536. The molecule has 0 aliphatic heterocycles. The van der Waals surface area contributed by atoms with Crippen molar-refractivity contribution in [3.05, 3.63) is 46.7 Å². The van der Waals surface area contributed by atoms with Gasteiger partial charge in [-0.1, -0.05) is 37.8 Å². The highest BCUT2D eigenvalue weighted by Gasteiger charge is 2.23. The Morgan fingerprint density at radius 2 is 2.17 bits per heavy atom. The molecule has 0 saturated heterocycles. The van der Waals surface area contributed by atoms with Gasteiger partial charge in [0.2, 0.25) is 5.91 Å². The SMILES string of the molecule is C=CC(CC1CCCC1)C(=O)Nc1ccc(I)c2cccnc12. The summed E-state index contributed by atoms with van der Waals surface area (Å²) in [6, 6.07) is 7.90. The number of nitrogens with zero attached hydrogens (tertiary/aromatic N) is 1. The lowest BCUT2D eigenvalue weighted by molar-refractivity contribution is -0.119. The van der Waals surface area contributed by atoms with Crippen LogP contribution in [-0.4, -0.2) is 10.9 Å².